The van der Waals surface area contributed by atoms with Gasteiger partial charge >= 0.3 is 0 Å². The van der Waals surface area contributed by atoms with Crippen molar-refractivity contribution in [3.8, 4) is 0 Å². The average Bonchev–Trinajstić information content (AvgIpc) is 3.18. The van der Waals surface area contributed by atoms with Gasteiger partial charge in [-0.3, -0.25) is 4.79 Å². The summed E-state index contributed by atoms with van der Waals surface area (Å²) < 4.78 is 5.64. The van der Waals surface area contributed by atoms with E-state index in [1.807, 2.05) is 42.5 Å². The molecule has 1 aliphatic heterocycles. The van der Waals surface area contributed by atoms with Crippen molar-refractivity contribution in [2.75, 3.05) is 5.01 Å². The Morgan fingerprint density at radius 3 is 2.50 bits per heavy atom. The van der Waals surface area contributed by atoms with Crippen LogP contribution in [0.15, 0.2) is 53.1 Å². The van der Waals surface area contributed by atoms with Gasteiger partial charge in [0.05, 0.1) is 23.4 Å². The number of nitrogens with zero attached hydrogens (tertiary/aromatic N) is 1. The van der Waals surface area contributed by atoms with E-state index in [0.29, 0.717) is 0 Å². The van der Waals surface area contributed by atoms with Crippen LogP contribution in [0.4, 0.5) is 5.69 Å². The van der Waals surface area contributed by atoms with Gasteiger partial charge in [0.2, 0.25) is 5.91 Å². The minimum Gasteiger partial charge on any atom is -0.468 e. The van der Waals surface area contributed by atoms with E-state index in [0.717, 1.165) is 37.1 Å². The standard InChI is InChI=1S/C18H20N2O2/c21-17-18(11-5-2-6-12-18)16(15-10-7-13-22-15)19-20(17)14-8-3-1-4-9-14/h1,3-4,7-10,13,16,19H,2,5-6,11-12H2/t16-/m1/s1. The van der Waals surface area contributed by atoms with Crippen molar-refractivity contribution in [1.82, 2.24) is 5.43 Å². The number of hydrogen-bond donors (Lipinski definition) is 1. The van der Waals surface area contributed by atoms with Crippen LogP contribution in [0.3, 0.4) is 0 Å². The Morgan fingerprint density at radius 2 is 1.82 bits per heavy atom. The monoisotopic (exact) mass is 296 g/mol. The number of hydrogen-bond acceptors (Lipinski definition) is 3. The highest BCUT2D eigenvalue weighted by molar-refractivity contribution is 5.99. The minimum atomic E-state index is -0.369. The number of rotatable bonds is 2. The van der Waals surface area contributed by atoms with Crippen LogP contribution in [0.25, 0.3) is 0 Å². The summed E-state index contributed by atoms with van der Waals surface area (Å²) in [6.45, 7) is 0. The summed E-state index contributed by atoms with van der Waals surface area (Å²) in [5, 5.41) is 1.72. The summed E-state index contributed by atoms with van der Waals surface area (Å²) >= 11 is 0. The van der Waals surface area contributed by atoms with Crippen molar-refractivity contribution >= 4 is 11.6 Å². The van der Waals surface area contributed by atoms with Crippen LogP contribution in [-0.2, 0) is 4.79 Å². The summed E-state index contributed by atoms with van der Waals surface area (Å²) in [5.41, 5.74) is 3.94. The van der Waals surface area contributed by atoms with Gasteiger partial charge in [0.15, 0.2) is 0 Å². The van der Waals surface area contributed by atoms with Gasteiger partial charge in [-0.2, -0.15) is 0 Å². The Bertz CT molecular complexity index is 645. The van der Waals surface area contributed by atoms with Gasteiger partial charge in [0, 0.05) is 0 Å². The third kappa shape index (κ3) is 1.98. The third-order valence-corrected chi connectivity index (χ3v) is 5.03. The van der Waals surface area contributed by atoms with Crippen LogP contribution in [0.5, 0.6) is 0 Å². The second-order valence-electron chi connectivity index (χ2n) is 6.27. The van der Waals surface area contributed by atoms with Crippen LogP contribution in [-0.4, -0.2) is 5.91 Å². The van der Waals surface area contributed by atoms with Gasteiger partial charge in [-0.1, -0.05) is 37.5 Å². The van der Waals surface area contributed by atoms with Gasteiger partial charge in [0.25, 0.3) is 0 Å². The number of furan rings is 1. The molecule has 1 N–H and O–H groups in total. The van der Waals surface area contributed by atoms with E-state index < -0.39 is 0 Å². The molecule has 0 unspecified atom stereocenters. The van der Waals surface area contributed by atoms with E-state index in [1.165, 1.54) is 6.42 Å². The molecule has 4 nitrogen and oxygen atoms in total. The summed E-state index contributed by atoms with van der Waals surface area (Å²) in [6.07, 6.45) is 6.95. The predicted octanol–water partition coefficient (Wildman–Crippen LogP) is 3.82. The van der Waals surface area contributed by atoms with Crippen LogP contribution < -0.4 is 10.4 Å². The molecule has 1 aliphatic carbocycles. The number of anilines is 1. The molecule has 2 aliphatic rings. The van der Waals surface area contributed by atoms with Gasteiger partial charge in [-0.15, -0.1) is 0 Å². The average molecular weight is 296 g/mol. The summed E-state index contributed by atoms with van der Waals surface area (Å²) in [4.78, 5) is 13.2. The first-order valence-corrected chi connectivity index (χ1v) is 8.00. The van der Waals surface area contributed by atoms with Crippen LogP contribution in [0, 0.1) is 5.41 Å². The fourth-order valence-corrected chi connectivity index (χ4v) is 3.90. The second-order valence-corrected chi connectivity index (χ2v) is 6.27. The molecule has 114 valence electrons. The zero-order valence-corrected chi connectivity index (χ0v) is 12.5. The number of carbonyl (C=O) groups is 1. The van der Waals surface area contributed by atoms with Crippen LogP contribution >= 0.6 is 0 Å². The smallest absolute Gasteiger partial charge is 0.249 e. The zero-order valence-electron chi connectivity index (χ0n) is 12.5. The van der Waals surface area contributed by atoms with Crippen LogP contribution in [0.2, 0.25) is 0 Å². The van der Waals surface area contributed by atoms with Crippen molar-refractivity contribution in [1.29, 1.82) is 0 Å². The van der Waals surface area contributed by atoms with Gasteiger partial charge in [0.1, 0.15) is 5.76 Å². The molecule has 2 aromatic rings. The second kappa shape index (κ2) is 5.29. The summed E-state index contributed by atoms with van der Waals surface area (Å²) in [6, 6.07) is 13.6. The molecular formula is C18H20N2O2. The Balaban J connectivity index is 1.75. The van der Waals surface area contributed by atoms with Crippen molar-refractivity contribution in [2.24, 2.45) is 5.41 Å². The molecule has 1 aromatic heterocycles. The van der Waals surface area contributed by atoms with E-state index in [-0.39, 0.29) is 17.4 Å². The molecule has 0 radical (unpaired) electrons. The first kappa shape index (κ1) is 13.6. The fraction of sp³-hybridized carbons (Fsp3) is 0.389. The van der Waals surface area contributed by atoms with E-state index in [2.05, 4.69) is 5.43 Å². The lowest BCUT2D eigenvalue weighted by Crippen LogP contribution is -2.38. The number of benzene rings is 1. The number of nitrogens with one attached hydrogen (secondary N) is 1. The number of carbonyl (C=O) groups excluding carboxylic acids is 1. The van der Waals surface area contributed by atoms with Crippen molar-refractivity contribution in [2.45, 2.75) is 38.1 Å². The quantitative estimate of drug-likeness (QED) is 0.916. The van der Waals surface area contributed by atoms with E-state index in [4.69, 9.17) is 4.42 Å². The SMILES string of the molecule is O=C1N(c2ccccc2)N[C@H](c2ccco2)C12CCCCC2. The molecule has 4 heteroatoms. The molecule has 1 aromatic carbocycles. The molecule has 0 bridgehead atoms. The van der Waals surface area contributed by atoms with Crippen molar-refractivity contribution < 1.29 is 9.21 Å². The van der Waals surface area contributed by atoms with Crippen molar-refractivity contribution in [3.63, 3.8) is 0 Å². The molecule has 2 fully saturated rings. The molecule has 1 atom stereocenters. The lowest BCUT2D eigenvalue weighted by molar-refractivity contribution is -0.128. The summed E-state index contributed by atoms with van der Waals surface area (Å²) in [7, 11) is 0. The first-order valence-electron chi connectivity index (χ1n) is 8.00. The van der Waals surface area contributed by atoms with Gasteiger partial charge < -0.3 is 4.42 Å². The zero-order chi connectivity index (χ0) is 15.0. The molecular weight excluding hydrogens is 276 g/mol. The summed E-state index contributed by atoms with van der Waals surface area (Å²) in [5.74, 6) is 1.04. The number of para-hydroxylation sites is 1. The highest BCUT2D eigenvalue weighted by atomic mass is 16.3. The molecule has 1 amide bonds. The maximum absolute atomic E-state index is 13.2. The normalized spacial score (nSPS) is 24.1. The molecule has 1 saturated heterocycles. The molecule has 22 heavy (non-hydrogen) atoms. The predicted molar refractivity (Wildman–Crippen MR) is 84.0 cm³/mol. The van der Waals surface area contributed by atoms with Crippen LogP contribution in [0.1, 0.15) is 43.9 Å². The van der Waals surface area contributed by atoms with E-state index in [9.17, 15) is 4.79 Å². The maximum atomic E-state index is 13.2. The van der Waals surface area contributed by atoms with E-state index >= 15 is 0 Å². The third-order valence-electron chi connectivity index (χ3n) is 5.03. The van der Waals surface area contributed by atoms with E-state index in [1.54, 1.807) is 11.3 Å². The van der Waals surface area contributed by atoms with Gasteiger partial charge in [-0.25, -0.2) is 10.4 Å². The number of hydrazine groups is 1. The molecule has 4 rings (SSSR count). The largest absolute Gasteiger partial charge is 0.468 e. The lowest BCUT2D eigenvalue weighted by atomic mass is 9.69. The number of amides is 1. The lowest BCUT2D eigenvalue weighted by Gasteiger charge is -2.34. The Hall–Kier alpha value is -2.07. The molecule has 1 spiro atoms. The topological polar surface area (TPSA) is 45.5 Å². The Labute approximate surface area is 130 Å². The maximum Gasteiger partial charge on any atom is 0.249 e. The van der Waals surface area contributed by atoms with Crippen molar-refractivity contribution in [3.05, 3.63) is 54.5 Å². The Kier molecular flexibility index (Phi) is 3.26. The molecule has 1 saturated carbocycles. The highest BCUT2D eigenvalue weighted by Gasteiger charge is 2.56. The van der Waals surface area contributed by atoms with Gasteiger partial charge in [-0.05, 0) is 37.1 Å². The fourth-order valence-electron chi connectivity index (χ4n) is 3.90. The minimum absolute atomic E-state index is 0.0736. The Morgan fingerprint density at radius 1 is 1.05 bits per heavy atom. The molecule has 2 heterocycles. The highest BCUT2D eigenvalue weighted by Crippen LogP contribution is 2.51. The first-order chi connectivity index (χ1) is 10.8.